The van der Waals surface area contributed by atoms with Crippen molar-refractivity contribution in [1.82, 2.24) is 5.32 Å². The Morgan fingerprint density at radius 3 is 2.58 bits per heavy atom. The van der Waals surface area contributed by atoms with Crippen molar-refractivity contribution in [2.45, 2.75) is 26.4 Å². The average molecular weight is 331 g/mol. The molecule has 0 radical (unpaired) electrons. The van der Waals surface area contributed by atoms with E-state index in [9.17, 15) is 9.18 Å². The predicted octanol–water partition coefficient (Wildman–Crippen LogP) is 3.49. The lowest BCUT2D eigenvalue weighted by atomic mass is 10.2. The molecule has 1 atom stereocenters. The topological polar surface area (TPSA) is 47.6 Å². The van der Waals surface area contributed by atoms with Crippen LogP contribution in [0.25, 0.3) is 0 Å². The Labute approximate surface area is 141 Å². The highest BCUT2D eigenvalue weighted by Gasteiger charge is 2.17. The molecule has 0 bridgehead atoms. The van der Waals surface area contributed by atoms with Crippen LogP contribution in [0.5, 0.6) is 11.5 Å². The van der Waals surface area contributed by atoms with E-state index in [2.05, 4.69) is 5.32 Å². The van der Waals surface area contributed by atoms with Crippen LogP contribution in [-0.4, -0.2) is 25.2 Å². The van der Waals surface area contributed by atoms with E-state index in [1.54, 1.807) is 0 Å². The predicted molar refractivity (Wildman–Crippen MR) is 90.8 cm³/mol. The molecule has 1 N–H and O–H groups in total. The quantitative estimate of drug-likeness (QED) is 0.753. The summed E-state index contributed by atoms with van der Waals surface area (Å²) in [5, 5.41) is 2.79. The van der Waals surface area contributed by atoms with E-state index < -0.39 is 6.10 Å². The number of carbonyl (C=O) groups excluding carboxylic acids is 1. The smallest absolute Gasteiger partial charge is 0.261 e. The number of ether oxygens (including phenoxy) is 2. The maximum Gasteiger partial charge on any atom is 0.261 e. The summed E-state index contributed by atoms with van der Waals surface area (Å²) in [4.78, 5) is 12.1. The van der Waals surface area contributed by atoms with E-state index in [-0.39, 0.29) is 11.7 Å². The molecular formula is C19H22FNO3. The number of hydrogen-bond acceptors (Lipinski definition) is 3. The number of aryl methyl sites for hydroxylation is 1. The van der Waals surface area contributed by atoms with Gasteiger partial charge in [-0.25, -0.2) is 4.39 Å². The first-order valence-electron chi connectivity index (χ1n) is 7.98. The maximum absolute atomic E-state index is 12.9. The first-order valence-corrected chi connectivity index (χ1v) is 7.98. The van der Waals surface area contributed by atoms with Gasteiger partial charge >= 0.3 is 0 Å². The fourth-order valence-corrected chi connectivity index (χ4v) is 2.16. The second-order valence-electron chi connectivity index (χ2n) is 5.42. The van der Waals surface area contributed by atoms with Crippen LogP contribution in [0.3, 0.4) is 0 Å². The van der Waals surface area contributed by atoms with Crippen molar-refractivity contribution in [2.24, 2.45) is 0 Å². The molecule has 0 heterocycles. The molecule has 0 aliphatic heterocycles. The molecule has 0 aromatic heterocycles. The van der Waals surface area contributed by atoms with Gasteiger partial charge in [0.25, 0.3) is 5.91 Å². The monoisotopic (exact) mass is 331 g/mol. The Kier molecular flexibility index (Phi) is 6.61. The molecule has 5 heteroatoms. The van der Waals surface area contributed by atoms with Crippen LogP contribution in [0.2, 0.25) is 0 Å². The molecule has 2 aromatic carbocycles. The molecule has 1 amide bonds. The maximum atomic E-state index is 12.9. The zero-order valence-electron chi connectivity index (χ0n) is 13.9. The number of amides is 1. The first kappa shape index (κ1) is 17.8. The number of nitrogens with one attached hydrogen (secondary N) is 1. The van der Waals surface area contributed by atoms with Gasteiger partial charge in [0.15, 0.2) is 6.10 Å². The lowest BCUT2D eigenvalue weighted by Gasteiger charge is -2.17. The molecule has 0 aliphatic rings. The number of halogens is 1. The average Bonchev–Trinajstić information content (AvgIpc) is 2.58. The number of carbonyl (C=O) groups is 1. The second kappa shape index (κ2) is 8.91. The van der Waals surface area contributed by atoms with Crippen molar-refractivity contribution >= 4 is 5.91 Å². The van der Waals surface area contributed by atoms with Gasteiger partial charge < -0.3 is 14.8 Å². The lowest BCUT2D eigenvalue weighted by Crippen LogP contribution is -2.39. The van der Waals surface area contributed by atoms with Crippen molar-refractivity contribution in [3.05, 3.63) is 59.9 Å². The fourth-order valence-electron chi connectivity index (χ4n) is 2.16. The highest BCUT2D eigenvalue weighted by molar-refractivity contribution is 5.81. The Bertz CT molecular complexity index is 658. The summed E-state index contributed by atoms with van der Waals surface area (Å²) in [5.41, 5.74) is 1.12. The van der Waals surface area contributed by atoms with Crippen molar-refractivity contribution < 1.29 is 18.7 Å². The van der Waals surface area contributed by atoms with Gasteiger partial charge in [-0.05, 0) is 55.3 Å². The van der Waals surface area contributed by atoms with Crippen LogP contribution in [0.15, 0.2) is 48.5 Å². The van der Waals surface area contributed by atoms with E-state index in [1.807, 2.05) is 38.1 Å². The van der Waals surface area contributed by atoms with Gasteiger partial charge in [0.05, 0.1) is 6.54 Å². The van der Waals surface area contributed by atoms with Crippen LogP contribution < -0.4 is 14.8 Å². The number of rotatable bonds is 8. The van der Waals surface area contributed by atoms with Crippen LogP contribution in [0, 0.1) is 12.7 Å². The van der Waals surface area contributed by atoms with Gasteiger partial charge in [0, 0.05) is 0 Å². The largest absolute Gasteiger partial charge is 0.492 e. The minimum Gasteiger partial charge on any atom is -0.492 e. The van der Waals surface area contributed by atoms with E-state index >= 15 is 0 Å². The minimum absolute atomic E-state index is 0.213. The summed E-state index contributed by atoms with van der Waals surface area (Å²) in [6.45, 7) is 4.61. The molecule has 0 spiro atoms. The van der Waals surface area contributed by atoms with Gasteiger partial charge in [-0.3, -0.25) is 4.79 Å². The van der Waals surface area contributed by atoms with Crippen LogP contribution in [0.1, 0.15) is 18.9 Å². The summed E-state index contributed by atoms with van der Waals surface area (Å²) in [6.07, 6.45) is -0.100. The Balaban J connectivity index is 1.76. The molecule has 2 rings (SSSR count). The Hall–Kier alpha value is -2.56. The van der Waals surface area contributed by atoms with Crippen LogP contribution in [0.4, 0.5) is 4.39 Å². The molecule has 24 heavy (non-hydrogen) atoms. The third-order valence-electron chi connectivity index (χ3n) is 3.41. The third-order valence-corrected chi connectivity index (χ3v) is 3.41. The normalized spacial score (nSPS) is 11.6. The van der Waals surface area contributed by atoms with E-state index in [0.29, 0.717) is 25.3 Å². The van der Waals surface area contributed by atoms with Crippen molar-refractivity contribution in [1.29, 1.82) is 0 Å². The van der Waals surface area contributed by atoms with E-state index in [1.165, 1.54) is 24.3 Å². The van der Waals surface area contributed by atoms with Crippen molar-refractivity contribution in [3.63, 3.8) is 0 Å². The molecular weight excluding hydrogens is 309 g/mol. The summed E-state index contributed by atoms with van der Waals surface area (Å²) >= 11 is 0. The Morgan fingerprint density at radius 1 is 1.17 bits per heavy atom. The third kappa shape index (κ3) is 5.57. The standard InChI is InChI=1S/C19H22FNO3/c1-3-18(24-16-9-7-15(20)8-10-16)19(22)21-11-12-23-17-6-4-5-14(2)13-17/h4-10,13,18H,3,11-12H2,1-2H3,(H,21,22). The zero-order valence-corrected chi connectivity index (χ0v) is 13.9. The highest BCUT2D eigenvalue weighted by Crippen LogP contribution is 2.14. The zero-order chi connectivity index (χ0) is 17.4. The molecule has 4 nitrogen and oxygen atoms in total. The molecule has 1 unspecified atom stereocenters. The molecule has 0 fully saturated rings. The summed E-state index contributed by atoms with van der Waals surface area (Å²) < 4.78 is 24.1. The van der Waals surface area contributed by atoms with Crippen molar-refractivity contribution in [2.75, 3.05) is 13.2 Å². The SMILES string of the molecule is CCC(Oc1ccc(F)cc1)C(=O)NCCOc1cccc(C)c1. The van der Waals surface area contributed by atoms with Crippen LogP contribution >= 0.6 is 0 Å². The molecule has 0 aliphatic carbocycles. The molecule has 2 aromatic rings. The molecule has 0 saturated heterocycles. The minimum atomic E-state index is -0.616. The first-order chi connectivity index (χ1) is 11.6. The fraction of sp³-hybridized carbons (Fsp3) is 0.316. The van der Waals surface area contributed by atoms with E-state index in [0.717, 1.165) is 11.3 Å². The van der Waals surface area contributed by atoms with Gasteiger partial charge in [-0.2, -0.15) is 0 Å². The summed E-state index contributed by atoms with van der Waals surface area (Å²) in [7, 11) is 0. The molecule has 128 valence electrons. The van der Waals surface area contributed by atoms with Gasteiger partial charge in [-0.15, -0.1) is 0 Å². The second-order valence-corrected chi connectivity index (χ2v) is 5.42. The van der Waals surface area contributed by atoms with Crippen LogP contribution in [-0.2, 0) is 4.79 Å². The summed E-state index contributed by atoms with van der Waals surface area (Å²) in [6, 6.07) is 13.3. The Morgan fingerprint density at radius 2 is 1.92 bits per heavy atom. The number of benzene rings is 2. The van der Waals surface area contributed by atoms with Gasteiger partial charge in [0.2, 0.25) is 0 Å². The van der Waals surface area contributed by atoms with Gasteiger partial charge in [-0.1, -0.05) is 19.1 Å². The lowest BCUT2D eigenvalue weighted by molar-refractivity contribution is -0.128. The number of hydrogen-bond donors (Lipinski definition) is 1. The highest BCUT2D eigenvalue weighted by atomic mass is 19.1. The van der Waals surface area contributed by atoms with Gasteiger partial charge in [0.1, 0.15) is 23.9 Å². The van der Waals surface area contributed by atoms with E-state index in [4.69, 9.17) is 9.47 Å². The summed E-state index contributed by atoms with van der Waals surface area (Å²) in [5.74, 6) is 0.691. The molecule has 0 saturated carbocycles. The van der Waals surface area contributed by atoms with Crippen molar-refractivity contribution in [3.8, 4) is 11.5 Å².